The van der Waals surface area contributed by atoms with Crippen molar-refractivity contribution in [3.63, 3.8) is 0 Å². The number of carbonyl (C=O) groups is 1. The van der Waals surface area contributed by atoms with Crippen LogP contribution >= 0.6 is 0 Å². The summed E-state index contributed by atoms with van der Waals surface area (Å²) in [6, 6.07) is 4.08. The Hall–Kier alpha value is -2.11. The summed E-state index contributed by atoms with van der Waals surface area (Å²) >= 11 is 0. The third-order valence-electron chi connectivity index (χ3n) is 2.11. The lowest BCUT2D eigenvalue weighted by Crippen LogP contribution is -2.20. The summed E-state index contributed by atoms with van der Waals surface area (Å²) in [5.74, 6) is 0.671. The number of hydrogen-bond acceptors (Lipinski definition) is 5. The van der Waals surface area contributed by atoms with Crippen molar-refractivity contribution < 1.29 is 19.2 Å². The third kappa shape index (κ3) is 1.95. The number of fused-ring (bicyclic) bond motifs is 1. The molecule has 1 aromatic rings. The molecule has 2 rings (SSSR count). The van der Waals surface area contributed by atoms with Gasteiger partial charge < -0.3 is 9.47 Å². The Morgan fingerprint density at radius 1 is 1.44 bits per heavy atom. The molecule has 0 aliphatic carbocycles. The fourth-order valence-corrected chi connectivity index (χ4v) is 1.43. The number of carbonyl (C=O) groups excluding carboxylic acids is 1. The van der Waals surface area contributed by atoms with Crippen LogP contribution in [0.5, 0.6) is 11.5 Å². The Labute approximate surface area is 90.9 Å². The Morgan fingerprint density at radius 2 is 2.12 bits per heavy atom. The smallest absolute Gasteiger partial charge is 0.273 e. The second kappa shape index (κ2) is 3.80. The molecule has 1 atom stereocenters. The molecule has 0 saturated heterocycles. The first-order valence-electron chi connectivity index (χ1n) is 4.67. The average Bonchev–Trinajstić information content (AvgIpc) is 2.56. The van der Waals surface area contributed by atoms with Crippen LogP contribution in [0.2, 0.25) is 0 Å². The van der Waals surface area contributed by atoms with Crippen molar-refractivity contribution in [2.75, 3.05) is 0 Å². The predicted molar refractivity (Wildman–Crippen MR) is 53.4 cm³/mol. The van der Waals surface area contributed by atoms with Crippen LogP contribution in [-0.4, -0.2) is 17.0 Å². The van der Waals surface area contributed by atoms with Crippen LogP contribution in [0.25, 0.3) is 0 Å². The number of nitro benzene ring substituents is 1. The van der Waals surface area contributed by atoms with Crippen molar-refractivity contribution >= 4 is 11.5 Å². The van der Waals surface area contributed by atoms with Gasteiger partial charge in [0.25, 0.3) is 5.69 Å². The summed E-state index contributed by atoms with van der Waals surface area (Å²) in [5, 5.41) is 10.5. The van der Waals surface area contributed by atoms with Crippen LogP contribution in [0.4, 0.5) is 5.69 Å². The second-order valence-corrected chi connectivity index (χ2v) is 3.46. The van der Waals surface area contributed by atoms with Crippen LogP contribution in [0.3, 0.4) is 0 Å². The van der Waals surface area contributed by atoms with Gasteiger partial charge in [0, 0.05) is 6.07 Å². The summed E-state index contributed by atoms with van der Waals surface area (Å²) in [4.78, 5) is 20.9. The molecule has 0 saturated carbocycles. The van der Waals surface area contributed by atoms with Crippen LogP contribution in [0, 0.1) is 10.1 Å². The molecule has 0 amide bonds. The highest BCUT2D eigenvalue weighted by Crippen LogP contribution is 2.38. The summed E-state index contributed by atoms with van der Waals surface area (Å²) in [6.45, 7) is 1.43. The molecule has 6 nitrogen and oxygen atoms in total. The van der Waals surface area contributed by atoms with E-state index < -0.39 is 11.2 Å². The second-order valence-electron chi connectivity index (χ2n) is 3.46. The molecule has 6 heteroatoms. The molecule has 0 fully saturated rings. The maximum atomic E-state index is 10.9. The van der Waals surface area contributed by atoms with Gasteiger partial charge in [-0.3, -0.25) is 14.9 Å². The molecule has 1 unspecified atom stereocenters. The Kier molecular flexibility index (Phi) is 2.47. The quantitative estimate of drug-likeness (QED) is 0.575. The highest BCUT2D eigenvalue weighted by atomic mass is 16.7. The monoisotopic (exact) mass is 223 g/mol. The number of ether oxygens (including phenoxy) is 2. The Balaban J connectivity index is 2.18. The van der Waals surface area contributed by atoms with Gasteiger partial charge in [0.2, 0.25) is 6.29 Å². The molecule has 1 heterocycles. The van der Waals surface area contributed by atoms with E-state index in [1.807, 2.05) is 0 Å². The number of benzene rings is 1. The van der Waals surface area contributed by atoms with E-state index in [2.05, 4.69) is 0 Å². The molecule has 1 aliphatic heterocycles. The average molecular weight is 223 g/mol. The van der Waals surface area contributed by atoms with E-state index in [0.29, 0.717) is 11.5 Å². The number of nitro groups is 1. The summed E-state index contributed by atoms with van der Waals surface area (Å²) in [7, 11) is 0. The van der Waals surface area contributed by atoms with E-state index in [4.69, 9.17) is 9.47 Å². The normalized spacial score (nSPS) is 17.2. The number of Topliss-reactive ketones (excluding diaryl/α,β-unsaturated/α-hetero) is 1. The van der Waals surface area contributed by atoms with E-state index >= 15 is 0 Å². The predicted octanol–water partition coefficient (Wildman–Crippen LogP) is 1.67. The molecule has 1 aromatic carbocycles. The fourth-order valence-electron chi connectivity index (χ4n) is 1.43. The van der Waals surface area contributed by atoms with Crippen molar-refractivity contribution in [1.29, 1.82) is 0 Å². The number of rotatable bonds is 3. The molecule has 0 N–H and O–H groups in total. The fraction of sp³-hybridized carbons (Fsp3) is 0.300. The maximum absolute atomic E-state index is 10.9. The molecule has 84 valence electrons. The molecule has 0 bridgehead atoms. The van der Waals surface area contributed by atoms with Gasteiger partial charge in [-0.05, 0) is 13.0 Å². The van der Waals surface area contributed by atoms with Gasteiger partial charge in [-0.2, -0.15) is 0 Å². The minimum atomic E-state index is -0.672. The first kappa shape index (κ1) is 10.4. The zero-order valence-corrected chi connectivity index (χ0v) is 8.50. The molecular weight excluding hydrogens is 214 g/mol. The highest BCUT2D eigenvalue weighted by Gasteiger charge is 2.27. The van der Waals surface area contributed by atoms with E-state index in [-0.39, 0.29) is 17.9 Å². The van der Waals surface area contributed by atoms with Crippen molar-refractivity contribution in [3.8, 4) is 11.5 Å². The van der Waals surface area contributed by atoms with Crippen molar-refractivity contribution in [2.24, 2.45) is 0 Å². The van der Waals surface area contributed by atoms with E-state index in [1.165, 1.54) is 25.1 Å². The lowest BCUT2D eigenvalue weighted by molar-refractivity contribution is -0.384. The number of nitrogens with zero attached hydrogens (tertiary/aromatic N) is 1. The van der Waals surface area contributed by atoms with Gasteiger partial charge >= 0.3 is 0 Å². The van der Waals surface area contributed by atoms with E-state index in [0.717, 1.165) is 0 Å². The molecule has 1 aliphatic rings. The van der Waals surface area contributed by atoms with Crippen molar-refractivity contribution in [1.82, 2.24) is 0 Å². The lowest BCUT2D eigenvalue weighted by atomic mass is 10.3. The van der Waals surface area contributed by atoms with Crippen LogP contribution in [0.15, 0.2) is 18.2 Å². The van der Waals surface area contributed by atoms with Gasteiger partial charge in [-0.15, -0.1) is 0 Å². The minimum absolute atomic E-state index is 0.0627. The van der Waals surface area contributed by atoms with E-state index in [9.17, 15) is 14.9 Å². The zero-order valence-electron chi connectivity index (χ0n) is 8.50. The third-order valence-corrected chi connectivity index (χ3v) is 2.11. The molecule has 16 heavy (non-hydrogen) atoms. The Morgan fingerprint density at radius 3 is 2.75 bits per heavy atom. The standard InChI is InChI=1S/C10H9NO5/c1-6(12)4-10-15-8-3-2-7(11(13)14)5-9(8)16-10/h2-3,5,10H,4H2,1H3. The number of non-ortho nitro benzene ring substituents is 1. The van der Waals surface area contributed by atoms with Gasteiger partial charge in [-0.25, -0.2) is 0 Å². The SMILES string of the molecule is CC(=O)CC1Oc2ccc([N+](=O)[O-])cc2O1. The van der Waals surface area contributed by atoms with Crippen LogP contribution in [0.1, 0.15) is 13.3 Å². The summed E-state index contributed by atoms with van der Waals surface area (Å²) in [6.07, 6.45) is -0.544. The number of hydrogen-bond donors (Lipinski definition) is 0. The lowest BCUT2D eigenvalue weighted by Gasteiger charge is -2.06. The van der Waals surface area contributed by atoms with Gasteiger partial charge in [-0.1, -0.05) is 0 Å². The number of ketones is 1. The van der Waals surface area contributed by atoms with Gasteiger partial charge in [0.1, 0.15) is 5.78 Å². The van der Waals surface area contributed by atoms with Gasteiger partial charge in [0.15, 0.2) is 11.5 Å². The maximum Gasteiger partial charge on any atom is 0.273 e. The first-order chi connectivity index (χ1) is 7.56. The summed E-state index contributed by atoms with van der Waals surface area (Å²) < 4.78 is 10.5. The van der Waals surface area contributed by atoms with Crippen molar-refractivity contribution in [2.45, 2.75) is 19.6 Å². The van der Waals surface area contributed by atoms with Crippen LogP contribution in [-0.2, 0) is 4.79 Å². The van der Waals surface area contributed by atoms with Crippen molar-refractivity contribution in [3.05, 3.63) is 28.3 Å². The molecule has 0 spiro atoms. The zero-order chi connectivity index (χ0) is 11.7. The Bertz CT molecular complexity index is 457. The molecule has 0 aromatic heterocycles. The highest BCUT2D eigenvalue weighted by molar-refractivity contribution is 5.76. The first-order valence-corrected chi connectivity index (χ1v) is 4.67. The topological polar surface area (TPSA) is 78.7 Å². The van der Waals surface area contributed by atoms with Gasteiger partial charge in [0.05, 0.1) is 17.4 Å². The summed E-state index contributed by atoms with van der Waals surface area (Å²) in [5.41, 5.74) is -0.0641. The largest absolute Gasteiger partial charge is 0.451 e. The van der Waals surface area contributed by atoms with E-state index in [1.54, 1.807) is 0 Å². The molecular formula is C10H9NO5. The van der Waals surface area contributed by atoms with Crippen LogP contribution < -0.4 is 9.47 Å². The minimum Gasteiger partial charge on any atom is -0.451 e. The molecule has 0 radical (unpaired) electrons.